The van der Waals surface area contributed by atoms with E-state index in [9.17, 15) is 13.2 Å². The van der Waals surface area contributed by atoms with Crippen molar-refractivity contribution in [3.8, 4) is 0 Å². The normalized spacial score (nSPS) is 19.2. The predicted molar refractivity (Wildman–Crippen MR) is 108 cm³/mol. The summed E-state index contributed by atoms with van der Waals surface area (Å²) in [7, 11) is -1.26. The van der Waals surface area contributed by atoms with Gasteiger partial charge in [-0.2, -0.15) is 0 Å². The maximum Gasteiger partial charge on any atom is 0.262 e. The van der Waals surface area contributed by atoms with Crippen LogP contribution in [0.4, 0.5) is 0 Å². The van der Waals surface area contributed by atoms with Gasteiger partial charge < -0.3 is 0 Å². The quantitative estimate of drug-likeness (QED) is 0.638. The van der Waals surface area contributed by atoms with Gasteiger partial charge in [0.15, 0.2) is 15.7 Å². The van der Waals surface area contributed by atoms with Crippen molar-refractivity contribution in [3.63, 3.8) is 0 Å². The highest BCUT2D eigenvalue weighted by molar-refractivity contribution is 7.91. The van der Waals surface area contributed by atoms with Gasteiger partial charge >= 0.3 is 0 Å². The van der Waals surface area contributed by atoms with Gasteiger partial charge in [0, 0.05) is 13.1 Å². The van der Waals surface area contributed by atoms with Gasteiger partial charge in [-0.1, -0.05) is 18.6 Å². The maximum absolute atomic E-state index is 12.7. The van der Waals surface area contributed by atoms with Gasteiger partial charge in [-0.15, -0.1) is 10.2 Å². The average molecular weight is 404 g/mol. The topological polar surface area (TPSA) is 89.6 Å². The number of benzene rings is 1. The molecule has 0 N–H and O–H groups in total. The van der Waals surface area contributed by atoms with Crippen LogP contribution in [-0.4, -0.2) is 56.6 Å². The van der Waals surface area contributed by atoms with Crippen molar-refractivity contribution in [2.24, 2.45) is 7.05 Å². The Hall–Kier alpha value is -2.26. The van der Waals surface area contributed by atoms with Crippen molar-refractivity contribution >= 4 is 26.5 Å². The van der Waals surface area contributed by atoms with Crippen LogP contribution in [0.2, 0.25) is 0 Å². The Morgan fingerprint density at radius 2 is 2.07 bits per heavy atom. The third kappa shape index (κ3) is 3.22. The molecule has 3 heterocycles. The fraction of sp³-hybridized carbons (Fsp3) is 0.526. The molecule has 0 aliphatic carbocycles. The lowest BCUT2D eigenvalue weighted by Gasteiger charge is -2.26. The molecule has 4 rings (SSSR count). The molecule has 2 aromatic heterocycles. The summed E-state index contributed by atoms with van der Waals surface area (Å²) in [5, 5.41) is 9.24. The highest BCUT2D eigenvalue weighted by atomic mass is 32.2. The fourth-order valence-corrected chi connectivity index (χ4v) is 5.85. The molecule has 1 fully saturated rings. The van der Waals surface area contributed by atoms with Crippen LogP contribution in [0.1, 0.15) is 31.2 Å². The largest absolute Gasteiger partial charge is 0.292 e. The van der Waals surface area contributed by atoms with Crippen LogP contribution in [0, 0.1) is 6.92 Å². The van der Waals surface area contributed by atoms with E-state index in [4.69, 9.17) is 0 Å². The average Bonchev–Trinajstić information content (AvgIpc) is 3.22. The predicted octanol–water partition coefficient (Wildman–Crippen LogP) is 1.29. The molecular formula is C19H25N5O3S. The second-order valence-corrected chi connectivity index (χ2v) is 9.89. The second-order valence-electron chi connectivity index (χ2n) is 7.66. The Morgan fingerprint density at radius 1 is 1.29 bits per heavy atom. The molecule has 0 bridgehead atoms. The number of fused-ring (bicyclic) bond motifs is 3. The fourth-order valence-electron chi connectivity index (χ4n) is 4.08. The van der Waals surface area contributed by atoms with Gasteiger partial charge in [0.1, 0.15) is 0 Å². The van der Waals surface area contributed by atoms with E-state index in [1.807, 2.05) is 29.5 Å². The summed E-state index contributed by atoms with van der Waals surface area (Å²) in [6.45, 7) is 5.33. The molecule has 0 spiro atoms. The van der Waals surface area contributed by atoms with Gasteiger partial charge in [0.05, 0.1) is 29.0 Å². The van der Waals surface area contributed by atoms with E-state index < -0.39 is 9.84 Å². The van der Waals surface area contributed by atoms with E-state index in [1.165, 1.54) is 4.57 Å². The molecule has 9 heteroatoms. The Morgan fingerprint density at radius 3 is 2.75 bits per heavy atom. The lowest BCUT2D eigenvalue weighted by Crippen LogP contribution is -2.37. The molecule has 1 unspecified atom stereocenters. The van der Waals surface area contributed by atoms with Gasteiger partial charge in [-0.05, 0) is 38.4 Å². The Balaban J connectivity index is 1.82. The van der Waals surface area contributed by atoms with Crippen molar-refractivity contribution in [2.75, 3.05) is 18.1 Å². The van der Waals surface area contributed by atoms with Crippen LogP contribution in [0.5, 0.6) is 0 Å². The number of nitrogens with zero attached hydrogens (tertiary/aromatic N) is 5. The van der Waals surface area contributed by atoms with E-state index in [0.29, 0.717) is 24.1 Å². The van der Waals surface area contributed by atoms with E-state index >= 15 is 0 Å². The van der Waals surface area contributed by atoms with Crippen LogP contribution in [-0.2, 0) is 23.4 Å². The summed E-state index contributed by atoms with van der Waals surface area (Å²) in [4.78, 5) is 14.9. The lowest BCUT2D eigenvalue weighted by atomic mass is 10.1. The lowest BCUT2D eigenvalue weighted by molar-refractivity contribution is 0.198. The van der Waals surface area contributed by atoms with Crippen LogP contribution < -0.4 is 5.56 Å². The van der Waals surface area contributed by atoms with Gasteiger partial charge in [0.25, 0.3) is 5.56 Å². The third-order valence-electron chi connectivity index (χ3n) is 5.52. The summed E-state index contributed by atoms with van der Waals surface area (Å²) in [6.07, 6.45) is 1.57. The Kier molecular flexibility index (Phi) is 4.75. The summed E-state index contributed by atoms with van der Waals surface area (Å²) in [5.41, 5.74) is 1.69. The van der Waals surface area contributed by atoms with Crippen molar-refractivity contribution < 1.29 is 8.42 Å². The molecule has 0 saturated carbocycles. The number of aryl methyl sites for hydroxylation is 2. The van der Waals surface area contributed by atoms with E-state index in [0.717, 1.165) is 29.9 Å². The van der Waals surface area contributed by atoms with Gasteiger partial charge in [-0.25, -0.2) is 8.42 Å². The van der Waals surface area contributed by atoms with Crippen molar-refractivity contribution in [3.05, 3.63) is 39.9 Å². The first kappa shape index (κ1) is 19.1. The van der Waals surface area contributed by atoms with E-state index in [2.05, 4.69) is 22.0 Å². The summed E-state index contributed by atoms with van der Waals surface area (Å²) >= 11 is 0. The zero-order valence-corrected chi connectivity index (χ0v) is 17.2. The minimum absolute atomic E-state index is 0.00154. The molecule has 0 radical (unpaired) electrons. The molecule has 1 atom stereocenters. The van der Waals surface area contributed by atoms with Crippen LogP contribution in [0.3, 0.4) is 0 Å². The van der Waals surface area contributed by atoms with Crippen LogP contribution in [0.25, 0.3) is 16.7 Å². The van der Waals surface area contributed by atoms with Crippen molar-refractivity contribution in [1.82, 2.24) is 24.1 Å². The summed E-state index contributed by atoms with van der Waals surface area (Å²) < 4.78 is 27.3. The molecule has 3 aromatic rings. The Labute approximate surface area is 163 Å². The standard InChI is InChI=1S/C19H25N5O3S/c1-4-8-23(14-7-9-28(26,27)12-14)11-17-20-21-19-22(3)18(25)15-10-13(2)5-6-16(15)24(17)19/h5-6,10,14H,4,7-9,11-12H2,1-3H3. The monoisotopic (exact) mass is 403 g/mol. The number of rotatable bonds is 5. The molecule has 1 saturated heterocycles. The third-order valence-corrected chi connectivity index (χ3v) is 7.27. The SMILES string of the molecule is CCCN(Cc1nnc2n(C)c(=O)c3cc(C)ccc3n12)C1CCS(=O)(=O)C1. The number of aromatic nitrogens is 4. The molecule has 28 heavy (non-hydrogen) atoms. The molecule has 150 valence electrons. The maximum atomic E-state index is 12.7. The van der Waals surface area contributed by atoms with Crippen molar-refractivity contribution in [1.29, 1.82) is 0 Å². The summed E-state index contributed by atoms with van der Waals surface area (Å²) in [6, 6.07) is 5.78. The highest BCUT2D eigenvalue weighted by Gasteiger charge is 2.32. The van der Waals surface area contributed by atoms with Gasteiger partial charge in [0.2, 0.25) is 5.78 Å². The zero-order valence-electron chi connectivity index (χ0n) is 16.4. The smallest absolute Gasteiger partial charge is 0.262 e. The van der Waals surface area contributed by atoms with Crippen LogP contribution >= 0.6 is 0 Å². The number of hydrogen-bond acceptors (Lipinski definition) is 6. The molecule has 1 aromatic carbocycles. The number of sulfone groups is 1. The highest BCUT2D eigenvalue weighted by Crippen LogP contribution is 2.22. The number of hydrogen-bond donors (Lipinski definition) is 0. The first-order chi connectivity index (χ1) is 13.3. The van der Waals surface area contributed by atoms with E-state index in [-0.39, 0.29) is 23.1 Å². The second kappa shape index (κ2) is 6.97. The molecule has 0 amide bonds. The minimum Gasteiger partial charge on any atom is -0.292 e. The van der Waals surface area contributed by atoms with Crippen molar-refractivity contribution in [2.45, 2.75) is 39.3 Å². The first-order valence-corrected chi connectivity index (χ1v) is 11.4. The first-order valence-electron chi connectivity index (χ1n) is 9.58. The molecular weight excluding hydrogens is 378 g/mol. The summed E-state index contributed by atoms with van der Waals surface area (Å²) in [5.74, 6) is 1.65. The minimum atomic E-state index is -2.96. The molecule has 1 aliphatic rings. The molecule has 8 nitrogen and oxygen atoms in total. The van der Waals surface area contributed by atoms with Crippen LogP contribution in [0.15, 0.2) is 23.0 Å². The Bertz CT molecular complexity index is 1210. The van der Waals surface area contributed by atoms with E-state index in [1.54, 1.807) is 7.05 Å². The molecule has 1 aliphatic heterocycles. The zero-order chi connectivity index (χ0) is 20.1. The van der Waals surface area contributed by atoms with Gasteiger partial charge in [-0.3, -0.25) is 18.7 Å².